The van der Waals surface area contributed by atoms with Gasteiger partial charge in [-0.3, -0.25) is 4.79 Å². The van der Waals surface area contributed by atoms with Gasteiger partial charge in [0.1, 0.15) is 0 Å². The van der Waals surface area contributed by atoms with Gasteiger partial charge in [-0.15, -0.1) is 0 Å². The summed E-state index contributed by atoms with van der Waals surface area (Å²) in [5, 5.41) is 19.2. The Labute approximate surface area is 98.5 Å². The second kappa shape index (κ2) is 4.47. The van der Waals surface area contributed by atoms with E-state index >= 15 is 0 Å². The average molecular weight is 220 g/mol. The molecule has 17 heavy (non-hydrogen) atoms. The van der Waals surface area contributed by atoms with Crippen molar-refractivity contribution in [1.29, 1.82) is 10.5 Å². The summed E-state index contributed by atoms with van der Waals surface area (Å²) in [5.74, 6) is -1.67. The molecule has 0 N–H and O–H groups in total. The van der Waals surface area contributed by atoms with Gasteiger partial charge < -0.3 is 0 Å². The lowest BCUT2D eigenvalue weighted by Crippen LogP contribution is -2.11. The maximum atomic E-state index is 12.0. The topological polar surface area (TPSA) is 64.7 Å². The Morgan fingerprint density at radius 3 is 2.35 bits per heavy atom. The van der Waals surface area contributed by atoms with Gasteiger partial charge in [0.15, 0.2) is 11.7 Å². The van der Waals surface area contributed by atoms with Crippen molar-refractivity contribution < 1.29 is 4.79 Å². The summed E-state index contributed by atoms with van der Waals surface area (Å²) in [6, 6.07) is 16.1. The third-order valence-electron chi connectivity index (χ3n) is 2.58. The molecule has 3 heteroatoms. The van der Waals surface area contributed by atoms with E-state index in [2.05, 4.69) is 0 Å². The van der Waals surface area contributed by atoms with E-state index in [0.717, 1.165) is 10.8 Å². The van der Waals surface area contributed by atoms with Gasteiger partial charge >= 0.3 is 0 Å². The highest BCUT2D eigenvalue weighted by atomic mass is 16.1. The van der Waals surface area contributed by atoms with Crippen LogP contribution in [0.3, 0.4) is 0 Å². The number of rotatable bonds is 2. The molecule has 2 aromatic rings. The molecular weight excluding hydrogens is 212 g/mol. The predicted octanol–water partition coefficient (Wildman–Crippen LogP) is 2.69. The lowest BCUT2D eigenvalue weighted by atomic mass is 9.95. The molecule has 0 spiro atoms. The van der Waals surface area contributed by atoms with E-state index in [1.165, 1.54) is 0 Å². The zero-order chi connectivity index (χ0) is 12.3. The molecule has 0 heterocycles. The Hall–Kier alpha value is -2.65. The van der Waals surface area contributed by atoms with Crippen LogP contribution in [0.1, 0.15) is 10.4 Å². The summed E-state index contributed by atoms with van der Waals surface area (Å²) in [7, 11) is 0. The van der Waals surface area contributed by atoms with Crippen molar-refractivity contribution in [3.63, 3.8) is 0 Å². The summed E-state index contributed by atoms with van der Waals surface area (Å²) in [6.07, 6.45) is 0. The van der Waals surface area contributed by atoms with E-state index in [-0.39, 0.29) is 0 Å². The second-order valence-corrected chi connectivity index (χ2v) is 3.58. The predicted molar refractivity (Wildman–Crippen MR) is 63.0 cm³/mol. The Kier molecular flexibility index (Phi) is 2.85. The summed E-state index contributed by atoms with van der Waals surface area (Å²) < 4.78 is 0. The number of hydrogen-bond donors (Lipinski definition) is 0. The number of Topliss-reactive ketones (excluding diaryl/α,β-unsaturated/α-hetero) is 1. The van der Waals surface area contributed by atoms with E-state index in [9.17, 15) is 4.79 Å². The van der Waals surface area contributed by atoms with E-state index in [4.69, 9.17) is 10.5 Å². The standard InChI is InChI=1S/C14H8N2O/c15-8-11(9-16)14(17)13-7-3-5-10-4-1-2-6-12(10)13/h1-7,11H. The zero-order valence-corrected chi connectivity index (χ0v) is 8.92. The number of carbonyl (C=O) groups excluding carboxylic acids is 1. The van der Waals surface area contributed by atoms with Crippen molar-refractivity contribution in [2.75, 3.05) is 0 Å². The Bertz CT molecular complexity index is 642. The molecule has 0 unspecified atom stereocenters. The SMILES string of the molecule is N#CC(C#N)C(=O)c1cccc2ccccc12. The summed E-state index contributed by atoms with van der Waals surface area (Å²) in [5.41, 5.74) is 0.427. The van der Waals surface area contributed by atoms with Gasteiger partial charge in [0, 0.05) is 5.56 Å². The molecule has 0 saturated carbocycles. The van der Waals surface area contributed by atoms with E-state index in [1.807, 2.05) is 30.3 Å². The van der Waals surface area contributed by atoms with Gasteiger partial charge in [-0.25, -0.2) is 0 Å². The van der Waals surface area contributed by atoms with Crippen molar-refractivity contribution in [3.8, 4) is 12.1 Å². The van der Waals surface area contributed by atoms with Gasteiger partial charge in [0.2, 0.25) is 0 Å². The molecule has 0 amide bonds. The number of benzene rings is 2. The van der Waals surface area contributed by atoms with Crippen molar-refractivity contribution in [2.24, 2.45) is 5.92 Å². The molecule has 0 aliphatic heterocycles. The Morgan fingerprint density at radius 2 is 1.65 bits per heavy atom. The minimum atomic E-state index is -1.24. The summed E-state index contributed by atoms with van der Waals surface area (Å²) in [6.45, 7) is 0. The van der Waals surface area contributed by atoms with Crippen LogP contribution >= 0.6 is 0 Å². The van der Waals surface area contributed by atoms with Crippen LogP contribution in [0.5, 0.6) is 0 Å². The third-order valence-corrected chi connectivity index (χ3v) is 2.58. The van der Waals surface area contributed by atoms with Crippen LogP contribution in [0.4, 0.5) is 0 Å². The first-order valence-electron chi connectivity index (χ1n) is 5.09. The van der Waals surface area contributed by atoms with Crippen molar-refractivity contribution >= 4 is 16.6 Å². The fourth-order valence-electron chi connectivity index (χ4n) is 1.74. The van der Waals surface area contributed by atoms with Crippen LogP contribution in [-0.2, 0) is 0 Å². The van der Waals surface area contributed by atoms with E-state index in [1.54, 1.807) is 24.3 Å². The molecule has 0 aliphatic carbocycles. The molecule has 2 aromatic carbocycles. The molecule has 0 aliphatic rings. The number of hydrogen-bond acceptors (Lipinski definition) is 3. The molecule has 0 saturated heterocycles. The summed E-state index contributed by atoms with van der Waals surface area (Å²) in [4.78, 5) is 12.0. The van der Waals surface area contributed by atoms with Gasteiger partial charge in [-0.1, -0.05) is 42.5 Å². The molecule has 0 atom stereocenters. The highest BCUT2D eigenvalue weighted by Crippen LogP contribution is 2.20. The number of nitrogens with zero attached hydrogens (tertiary/aromatic N) is 2. The van der Waals surface area contributed by atoms with Gasteiger partial charge in [-0.2, -0.15) is 10.5 Å². The van der Waals surface area contributed by atoms with Crippen LogP contribution in [-0.4, -0.2) is 5.78 Å². The Balaban J connectivity index is 2.61. The average Bonchev–Trinajstić information content (AvgIpc) is 2.39. The number of carbonyl (C=O) groups is 1. The minimum absolute atomic E-state index is 0.427. The van der Waals surface area contributed by atoms with Crippen LogP contribution in [0.2, 0.25) is 0 Å². The zero-order valence-electron chi connectivity index (χ0n) is 8.92. The van der Waals surface area contributed by atoms with Gasteiger partial charge in [0.05, 0.1) is 12.1 Å². The quantitative estimate of drug-likeness (QED) is 0.731. The molecular formula is C14H8N2O. The molecule has 0 fully saturated rings. The van der Waals surface area contributed by atoms with Crippen molar-refractivity contribution in [3.05, 3.63) is 48.0 Å². The van der Waals surface area contributed by atoms with Crippen molar-refractivity contribution in [2.45, 2.75) is 0 Å². The highest BCUT2D eigenvalue weighted by molar-refractivity contribution is 6.10. The molecule has 80 valence electrons. The minimum Gasteiger partial charge on any atom is -0.291 e. The maximum Gasteiger partial charge on any atom is 0.195 e. The largest absolute Gasteiger partial charge is 0.291 e. The first-order valence-corrected chi connectivity index (χ1v) is 5.09. The van der Waals surface area contributed by atoms with E-state index < -0.39 is 11.7 Å². The fraction of sp³-hybridized carbons (Fsp3) is 0.0714. The number of ketones is 1. The maximum absolute atomic E-state index is 12.0. The monoisotopic (exact) mass is 220 g/mol. The first-order chi connectivity index (χ1) is 8.27. The molecule has 0 radical (unpaired) electrons. The fourth-order valence-corrected chi connectivity index (χ4v) is 1.74. The van der Waals surface area contributed by atoms with Crippen molar-refractivity contribution in [1.82, 2.24) is 0 Å². The number of nitriles is 2. The lowest BCUT2D eigenvalue weighted by molar-refractivity contribution is 0.0972. The number of fused-ring (bicyclic) bond motifs is 1. The van der Waals surface area contributed by atoms with Crippen LogP contribution in [0.25, 0.3) is 10.8 Å². The van der Waals surface area contributed by atoms with Crippen LogP contribution in [0, 0.1) is 28.6 Å². The molecule has 0 aromatic heterocycles. The van der Waals surface area contributed by atoms with Crippen LogP contribution in [0.15, 0.2) is 42.5 Å². The third kappa shape index (κ3) is 1.87. The lowest BCUT2D eigenvalue weighted by Gasteiger charge is -2.05. The second-order valence-electron chi connectivity index (χ2n) is 3.58. The molecule has 2 rings (SSSR count). The summed E-state index contributed by atoms with van der Waals surface area (Å²) >= 11 is 0. The van der Waals surface area contributed by atoms with Gasteiger partial charge in [-0.05, 0) is 10.8 Å². The van der Waals surface area contributed by atoms with Crippen LogP contribution < -0.4 is 0 Å². The normalized spacial score (nSPS) is 9.82. The van der Waals surface area contributed by atoms with Gasteiger partial charge in [0.25, 0.3) is 0 Å². The first kappa shape index (κ1) is 10.9. The smallest absolute Gasteiger partial charge is 0.195 e. The highest BCUT2D eigenvalue weighted by Gasteiger charge is 2.20. The molecule has 0 bridgehead atoms. The Morgan fingerprint density at radius 1 is 1.00 bits per heavy atom. The van der Waals surface area contributed by atoms with E-state index in [0.29, 0.717) is 5.56 Å². The molecule has 3 nitrogen and oxygen atoms in total.